The second-order valence-electron chi connectivity index (χ2n) is 6.45. The standard InChI is InChI=1S/C23H29NO6/c1-5-28-21-9-7-17(13-22(21)29-6-2)11-12-24-23(26)15-30-20-10-8-18(27-4)14-19(20)16(3)25/h7-10,13-14H,5-6,11-12,15H2,1-4H3,(H,24,26). The summed E-state index contributed by atoms with van der Waals surface area (Å²) in [5, 5.41) is 2.82. The Hall–Kier alpha value is -3.22. The van der Waals surface area contributed by atoms with E-state index in [1.807, 2.05) is 32.0 Å². The van der Waals surface area contributed by atoms with Crippen LogP contribution in [0.4, 0.5) is 0 Å². The van der Waals surface area contributed by atoms with Crippen LogP contribution in [0.5, 0.6) is 23.0 Å². The normalized spacial score (nSPS) is 10.3. The topological polar surface area (TPSA) is 83.1 Å². The second-order valence-corrected chi connectivity index (χ2v) is 6.45. The van der Waals surface area contributed by atoms with Gasteiger partial charge in [-0.25, -0.2) is 0 Å². The van der Waals surface area contributed by atoms with Crippen LogP contribution in [0, 0.1) is 0 Å². The fourth-order valence-electron chi connectivity index (χ4n) is 2.83. The van der Waals surface area contributed by atoms with E-state index in [4.69, 9.17) is 18.9 Å². The van der Waals surface area contributed by atoms with Crippen LogP contribution in [0.1, 0.15) is 36.7 Å². The molecule has 0 saturated carbocycles. The quantitative estimate of drug-likeness (QED) is 0.535. The van der Waals surface area contributed by atoms with Gasteiger partial charge in [-0.15, -0.1) is 0 Å². The van der Waals surface area contributed by atoms with Crippen LogP contribution in [-0.4, -0.2) is 45.2 Å². The lowest BCUT2D eigenvalue weighted by atomic mass is 10.1. The zero-order valence-corrected chi connectivity index (χ0v) is 17.9. The zero-order chi connectivity index (χ0) is 21.9. The van der Waals surface area contributed by atoms with Crippen molar-refractivity contribution in [3.8, 4) is 23.0 Å². The molecule has 0 saturated heterocycles. The van der Waals surface area contributed by atoms with E-state index < -0.39 is 0 Å². The molecule has 0 atom stereocenters. The fourth-order valence-corrected chi connectivity index (χ4v) is 2.83. The van der Waals surface area contributed by atoms with Crippen LogP contribution >= 0.6 is 0 Å². The van der Waals surface area contributed by atoms with Gasteiger partial charge >= 0.3 is 0 Å². The number of nitrogens with one attached hydrogen (secondary N) is 1. The van der Waals surface area contributed by atoms with Gasteiger partial charge in [0, 0.05) is 6.54 Å². The highest BCUT2D eigenvalue weighted by atomic mass is 16.5. The largest absolute Gasteiger partial charge is 0.497 e. The van der Waals surface area contributed by atoms with E-state index in [-0.39, 0.29) is 18.3 Å². The Kier molecular flexibility index (Phi) is 9.00. The maximum atomic E-state index is 12.1. The van der Waals surface area contributed by atoms with E-state index in [0.717, 1.165) is 5.56 Å². The Bertz CT molecular complexity index is 865. The monoisotopic (exact) mass is 415 g/mol. The molecule has 0 heterocycles. The maximum Gasteiger partial charge on any atom is 0.257 e. The Morgan fingerprint density at radius 1 is 0.900 bits per heavy atom. The van der Waals surface area contributed by atoms with E-state index in [2.05, 4.69) is 5.32 Å². The van der Waals surface area contributed by atoms with Crippen molar-refractivity contribution in [2.24, 2.45) is 0 Å². The fraction of sp³-hybridized carbons (Fsp3) is 0.391. The summed E-state index contributed by atoms with van der Waals surface area (Å²) in [4.78, 5) is 23.9. The average Bonchev–Trinajstić information content (AvgIpc) is 2.74. The molecule has 7 heteroatoms. The molecule has 0 spiro atoms. The predicted molar refractivity (Wildman–Crippen MR) is 114 cm³/mol. The van der Waals surface area contributed by atoms with Crippen molar-refractivity contribution in [1.29, 1.82) is 0 Å². The summed E-state index contributed by atoms with van der Waals surface area (Å²) in [5.74, 6) is 1.88. The minimum absolute atomic E-state index is 0.162. The molecule has 30 heavy (non-hydrogen) atoms. The van der Waals surface area contributed by atoms with Crippen molar-refractivity contribution in [1.82, 2.24) is 5.32 Å². The first-order valence-corrected chi connectivity index (χ1v) is 9.95. The first-order chi connectivity index (χ1) is 14.5. The maximum absolute atomic E-state index is 12.1. The number of ether oxygens (including phenoxy) is 4. The Balaban J connectivity index is 1.87. The third kappa shape index (κ3) is 6.69. The van der Waals surface area contributed by atoms with Crippen molar-refractivity contribution in [3.05, 3.63) is 47.5 Å². The number of amides is 1. The minimum atomic E-state index is -0.267. The SMILES string of the molecule is CCOc1ccc(CCNC(=O)COc2ccc(OC)cc2C(C)=O)cc1OCC. The summed E-state index contributed by atoms with van der Waals surface area (Å²) < 4.78 is 21.8. The highest BCUT2D eigenvalue weighted by Crippen LogP contribution is 2.28. The third-order valence-electron chi connectivity index (χ3n) is 4.27. The number of carbonyl (C=O) groups is 2. The Morgan fingerprint density at radius 2 is 1.60 bits per heavy atom. The summed E-state index contributed by atoms with van der Waals surface area (Å²) >= 11 is 0. The molecular weight excluding hydrogens is 386 g/mol. The van der Waals surface area contributed by atoms with Gasteiger partial charge in [-0.3, -0.25) is 9.59 Å². The summed E-state index contributed by atoms with van der Waals surface area (Å²) in [6.45, 7) is 6.66. The molecule has 0 aliphatic heterocycles. The molecule has 0 radical (unpaired) electrons. The smallest absolute Gasteiger partial charge is 0.257 e. The van der Waals surface area contributed by atoms with Gasteiger partial charge in [0.05, 0.1) is 25.9 Å². The molecule has 2 aromatic rings. The molecule has 0 aliphatic rings. The highest BCUT2D eigenvalue weighted by molar-refractivity contribution is 5.97. The molecule has 0 bridgehead atoms. The minimum Gasteiger partial charge on any atom is -0.497 e. The van der Waals surface area contributed by atoms with Gasteiger partial charge in [0.1, 0.15) is 11.5 Å². The van der Waals surface area contributed by atoms with E-state index in [0.29, 0.717) is 54.7 Å². The van der Waals surface area contributed by atoms with E-state index >= 15 is 0 Å². The van der Waals surface area contributed by atoms with Crippen molar-refractivity contribution in [3.63, 3.8) is 0 Å². The van der Waals surface area contributed by atoms with Crippen molar-refractivity contribution >= 4 is 11.7 Å². The molecule has 1 N–H and O–H groups in total. The van der Waals surface area contributed by atoms with Crippen LogP contribution in [0.2, 0.25) is 0 Å². The Morgan fingerprint density at radius 3 is 2.27 bits per heavy atom. The second kappa shape index (κ2) is 11.7. The number of methoxy groups -OCH3 is 1. The van der Waals surface area contributed by atoms with E-state index in [1.54, 1.807) is 18.2 Å². The molecular formula is C23H29NO6. The first kappa shape index (κ1) is 23.1. The predicted octanol–water partition coefficient (Wildman–Crippen LogP) is 3.43. The molecule has 0 aliphatic carbocycles. The van der Waals surface area contributed by atoms with E-state index in [9.17, 15) is 9.59 Å². The van der Waals surface area contributed by atoms with Crippen molar-refractivity contribution < 1.29 is 28.5 Å². The number of hydrogen-bond donors (Lipinski definition) is 1. The van der Waals surface area contributed by atoms with Crippen LogP contribution < -0.4 is 24.3 Å². The van der Waals surface area contributed by atoms with Crippen LogP contribution in [0.25, 0.3) is 0 Å². The first-order valence-electron chi connectivity index (χ1n) is 9.95. The summed E-state index contributed by atoms with van der Waals surface area (Å²) in [7, 11) is 1.52. The summed E-state index contributed by atoms with van der Waals surface area (Å²) in [6, 6.07) is 10.7. The van der Waals surface area contributed by atoms with Crippen LogP contribution in [0.15, 0.2) is 36.4 Å². The lowest BCUT2D eigenvalue weighted by Gasteiger charge is -2.13. The number of ketones is 1. The van der Waals surface area contributed by atoms with Gasteiger partial charge in [0.2, 0.25) is 0 Å². The van der Waals surface area contributed by atoms with Gasteiger partial charge in [0.25, 0.3) is 5.91 Å². The third-order valence-corrected chi connectivity index (χ3v) is 4.27. The number of benzene rings is 2. The zero-order valence-electron chi connectivity index (χ0n) is 17.9. The van der Waals surface area contributed by atoms with Crippen molar-refractivity contribution in [2.45, 2.75) is 27.2 Å². The van der Waals surface area contributed by atoms with Gasteiger partial charge in [-0.05, 0) is 63.1 Å². The summed E-state index contributed by atoms with van der Waals surface area (Å²) in [6.07, 6.45) is 0.638. The molecule has 2 rings (SSSR count). The average molecular weight is 415 g/mol. The lowest BCUT2D eigenvalue weighted by molar-refractivity contribution is -0.123. The molecule has 0 aromatic heterocycles. The number of rotatable bonds is 12. The van der Waals surface area contributed by atoms with Gasteiger partial charge in [0.15, 0.2) is 23.9 Å². The summed E-state index contributed by atoms with van der Waals surface area (Å²) in [5.41, 5.74) is 1.40. The highest BCUT2D eigenvalue weighted by Gasteiger charge is 2.12. The molecule has 7 nitrogen and oxygen atoms in total. The molecule has 162 valence electrons. The molecule has 0 fully saturated rings. The number of Topliss-reactive ketones (excluding diaryl/α,β-unsaturated/α-hetero) is 1. The number of hydrogen-bond acceptors (Lipinski definition) is 6. The van der Waals surface area contributed by atoms with Gasteiger partial charge < -0.3 is 24.3 Å². The lowest BCUT2D eigenvalue weighted by Crippen LogP contribution is -2.30. The molecule has 2 aromatic carbocycles. The van der Waals surface area contributed by atoms with Crippen LogP contribution in [0.3, 0.4) is 0 Å². The Labute approximate surface area is 177 Å². The van der Waals surface area contributed by atoms with Gasteiger partial charge in [-0.1, -0.05) is 6.07 Å². The molecule has 0 unspecified atom stereocenters. The number of carbonyl (C=O) groups excluding carboxylic acids is 2. The van der Waals surface area contributed by atoms with E-state index in [1.165, 1.54) is 14.0 Å². The van der Waals surface area contributed by atoms with Gasteiger partial charge in [-0.2, -0.15) is 0 Å². The molecule has 1 amide bonds. The van der Waals surface area contributed by atoms with Crippen LogP contribution in [-0.2, 0) is 11.2 Å². The van der Waals surface area contributed by atoms with Crippen molar-refractivity contribution in [2.75, 3.05) is 33.5 Å².